The number of aromatic nitrogens is 3. The standard InChI is InChI=1S/C25H18Cl2N4O2/c26-17-7-5-8-18(12-17)29-22(32)14-31-21-11-4-2-9-19(21)23-24(31)25(33)30(15-28-23)13-16-6-1-3-10-20(16)27/h1-12,15H,13-14H2,(H,29,32). The maximum atomic E-state index is 13.5. The van der Waals surface area contributed by atoms with Crippen molar-refractivity contribution in [2.45, 2.75) is 13.1 Å². The van der Waals surface area contributed by atoms with E-state index in [0.717, 1.165) is 16.5 Å². The average Bonchev–Trinajstić information content (AvgIpc) is 3.11. The molecule has 6 nitrogen and oxygen atoms in total. The van der Waals surface area contributed by atoms with Crippen molar-refractivity contribution in [2.24, 2.45) is 0 Å². The van der Waals surface area contributed by atoms with Crippen molar-refractivity contribution in [1.82, 2.24) is 14.1 Å². The number of nitrogens with zero attached hydrogens (tertiary/aromatic N) is 3. The molecule has 8 heteroatoms. The van der Waals surface area contributed by atoms with Gasteiger partial charge in [-0.25, -0.2) is 4.98 Å². The largest absolute Gasteiger partial charge is 0.325 e. The molecule has 0 bridgehead atoms. The molecule has 0 aliphatic heterocycles. The lowest BCUT2D eigenvalue weighted by Gasteiger charge is -2.10. The molecule has 0 spiro atoms. The first-order valence-corrected chi connectivity index (χ1v) is 11.0. The molecule has 0 saturated heterocycles. The smallest absolute Gasteiger partial charge is 0.278 e. The van der Waals surface area contributed by atoms with Crippen molar-refractivity contribution in [3.63, 3.8) is 0 Å². The fourth-order valence-corrected chi connectivity index (χ4v) is 4.33. The Hall–Kier alpha value is -3.61. The lowest BCUT2D eigenvalue weighted by molar-refractivity contribution is -0.116. The molecule has 164 valence electrons. The van der Waals surface area contributed by atoms with Crippen molar-refractivity contribution in [3.8, 4) is 0 Å². The first-order valence-electron chi connectivity index (χ1n) is 10.3. The van der Waals surface area contributed by atoms with Crippen LogP contribution in [0.25, 0.3) is 21.9 Å². The lowest BCUT2D eigenvalue weighted by atomic mass is 10.2. The molecule has 33 heavy (non-hydrogen) atoms. The van der Waals surface area contributed by atoms with Crippen molar-refractivity contribution in [2.75, 3.05) is 5.32 Å². The molecule has 1 N–H and O–H groups in total. The van der Waals surface area contributed by atoms with Gasteiger partial charge in [-0.05, 0) is 35.9 Å². The van der Waals surface area contributed by atoms with Gasteiger partial charge in [0.2, 0.25) is 5.91 Å². The van der Waals surface area contributed by atoms with Gasteiger partial charge in [0.25, 0.3) is 5.56 Å². The highest BCUT2D eigenvalue weighted by Crippen LogP contribution is 2.26. The molecule has 5 aromatic rings. The van der Waals surface area contributed by atoms with Gasteiger partial charge in [0.05, 0.1) is 18.4 Å². The number of carbonyl (C=O) groups excluding carboxylic acids is 1. The predicted molar refractivity (Wildman–Crippen MR) is 132 cm³/mol. The quantitative estimate of drug-likeness (QED) is 0.371. The molecule has 0 atom stereocenters. The van der Waals surface area contributed by atoms with Gasteiger partial charge in [0.1, 0.15) is 17.6 Å². The monoisotopic (exact) mass is 476 g/mol. The highest BCUT2D eigenvalue weighted by Gasteiger charge is 2.18. The number of anilines is 1. The third-order valence-corrected chi connectivity index (χ3v) is 6.05. The Bertz CT molecular complexity index is 1570. The van der Waals surface area contributed by atoms with Crippen molar-refractivity contribution in [1.29, 1.82) is 0 Å². The molecule has 2 heterocycles. The van der Waals surface area contributed by atoms with Gasteiger partial charge in [-0.2, -0.15) is 0 Å². The van der Waals surface area contributed by atoms with Crippen LogP contribution < -0.4 is 10.9 Å². The Morgan fingerprint density at radius 1 is 0.970 bits per heavy atom. The zero-order valence-electron chi connectivity index (χ0n) is 17.3. The third-order valence-electron chi connectivity index (χ3n) is 5.44. The summed E-state index contributed by atoms with van der Waals surface area (Å²) in [6, 6.07) is 21.8. The van der Waals surface area contributed by atoms with E-state index in [0.29, 0.717) is 26.8 Å². The lowest BCUT2D eigenvalue weighted by Crippen LogP contribution is -2.25. The Balaban J connectivity index is 1.59. The second kappa shape index (κ2) is 8.73. The highest BCUT2D eigenvalue weighted by molar-refractivity contribution is 6.31. The number of hydrogen-bond acceptors (Lipinski definition) is 3. The molecule has 2 aromatic heterocycles. The van der Waals surface area contributed by atoms with Gasteiger partial charge in [-0.15, -0.1) is 0 Å². The van der Waals surface area contributed by atoms with E-state index in [1.54, 1.807) is 34.9 Å². The van der Waals surface area contributed by atoms with E-state index in [9.17, 15) is 9.59 Å². The summed E-state index contributed by atoms with van der Waals surface area (Å²) in [6.07, 6.45) is 1.52. The molecule has 0 aliphatic carbocycles. The van der Waals surface area contributed by atoms with E-state index in [1.807, 2.05) is 42.5 Å². The van der Waals surface area contributed by atoms with Crippen LogP contribution >= 0.6 is 23.2 Å². The van der Waals surface area contributed by atoms with E-state index in [1.165, 1.54) is 10.9 Å². The van der Waals surface area contributed by atoms with Crippen molar-refractivity contribution >= 4 is 56.7 Å². The average molecular weight is 477 g/mol. The number of hydrogen-bond donors (Lipinski definition) is 1. The van der Waals surface area contributed by atoms with Crippen molar-refractivity contribution < 1.29 is 4.79 Å². The number of para-hydroxylation sites is 1. The molecule has 0 saturated carbocycles. The van der Waals surface area contributed by atoms with Gasteiger partial charge in [0.15, 0.2) is 0 Å². The Morgan fingerprint density at radius 2 is 1.76 bits per heavy atom. The SMILES string of the molecule is O=C(Cn1c2ccccc2c2ncn(Cc3ccccc3Cl)c(=O)c21)Nc1cccc(Cl)c1. The van der Waals surface area contributed by atoms with Crippen LogP contribution in [0.4, 0.5) is 5.69 Å². The van der Waals surface area contributed by atoms with Crippen LogP contribution in [-0.2, 0) is 17.9 Å². The summed E-state index contributed by atoms with van der Waals surface area (Å²) < 4.78 is 3.22. The number of fused-ring (bicyclic) bond motifs is 3. The van der Waals surface area contributed by atoms with Crippen LogP contribution in [0.3, 0.4) is 0 Å². The summed E-state index contributed by atoms with van der Waals surface area (Å²) in [4.78, 5) is 31.0. The number of halogens is 2. The minimum absolute atomic E-state index is 0.0520. The van der Waals surface area contributed by atoms with Gasteiger partial charge in [-0.1, -0.05) is 65.7 Å². The number of amides is 1. The number of carbonyl (C=O) groups is 1. The normalized spacial score (nSPS) is 11.2. The maximum absolute atomic E-state index is 13.5. The molecular formula is C25H18Cl2N4O2. The molecule has 0 aliphatic rings. The molecule has 5 rings (SSSR count). The third kappa shape index (κ3) is 4.11. The fraction of sp³-hybridized carbons (Fsp3) is 0.0800. The van der Waals surface area contributed by atoms with E-state index in [4.69, 9.17) is 23.2 Å². The first-order chi connectivity index (χ1) is 16.0. The molecular weight excluding hydrogens is 459 g/mol. The number of benzene rings is 3. The van der Waals surface area contributed by atoms with Crippen LogP contribution in [0, 0.1) is 0 Å². The fourth-order valence-electron chi connectivity index (χ4n) is 3.95. The highest BCUT2D eigenvalue weighted by atomic mass is 35.5. The zero-order chi connectivity index (χ0) is 22.9. The van der Waals surface area contributed by atoms with Crippen LogP contribution in [0.1, 0.15) is 5.56 Å². The van der Waals surface area contributed by atoms with E-state index in [2.05, 4.69) is 10.3 Å². The summed E-state index contributed by atoms with van der Waals surface area (Å²) in [7, 11) is 0. The molecule has 0 unspecified atom stereocenters. The Labute approximate surface area is 199 Å². The van der Waals surface area contributed by atoms with Crippen LogP contribution in [0.15, 0.2) is 83.9 Å². The van der Waals surface area contributed by atoms with Crippen molar-refractivity contribution in [3.05, 3.63) is 105 Å². The summed E-state index contributed by atoms with van der Waals surface area (Å²) in [5.41, 5.74) is 2.83. The van der Waals surface area contributed by atoms with Gasteiger partial charge in [-0.3, -0.25) is 14.2 Å². The van der Waals surface area contributed by atoms with E-state index in [-0.39, 0.29) is 24.6 Å². The molecule has 0 fully saturated rings. The van der Waals surface area contributed by atoms with Crippen LogP contribution in [-0.4, -0.2) is 20.0 Å². The number of nitrogens with one attached hydrogen (secondary N) is 1. The Morgan fingerprint density at radius 3 is 2.58 bits per heavy atom. The maximum Gasteiger partial charge on any atom is 0.278 e. The topological polar surface area (TPSA) is 68.9 Å². The van der Waals surface area contributed by atoms with Crippen LogP contribution in [0.5, 0.6) is 0 Å². The zero-order valence-corrected chi connectivity index (χ0v) is 18.8. The second-order valence-electron chi connectivity index (χ2n) is 7.63. The molecule has 0 radical (unpaired) electrons. The summed E-state index contributed by atoms with van der Waals surface area (Å²) in [5.74, 6) is -0.277. The Kier molecular flexibility index (Phi) is 5.62. The van der Waals surface area contributed by atoms with Crippen LogP contribution in [0.2, 0.25) is 10.0 Å². The van der Waals surface area contributed by atoms with Gasteiger partial charge in [0, 0.05) is 21.1 Å². The predicted octanol–water partition coefficient (Wildman–Crippen LogP) is 5.35. The number of rotatable bonds is 5. The van der Waals surface area contributed by atoms with E-state index < -0.39 is 0 Å². The molecule has 1 amide bonds. The second-order valence-corrected chi connectivity index (χ2v) is 8.47. The van der Waals surface area contributed by atoms with E-state index >= 15 is 0 Å². The molecule has 3 aromatic carbocycles. The van der Waals surface area contributed by atoms with Gasteiger partial charge < -0.3 is 9.88 Å². The minimum Gasteiger partial charge on any atom is -0.325 e. The summed E-state index contributed by atoms with van der Waals surface area (Å²) >= 11 is 12.3. The first kappa shape index (κ1) is 21.2. The summed E-state index contributed by atoms with van der Waals surface area (Å²) in [5, 5.41) is 4.75. The van der Waals surface area contributed by atoms with Gasteiger partial charge >= 0.3 is 0 Å². The summed E-state index contributed by atoms with van der Waals surface area (Å²) in [6.45, 7) is 0.223. The minimum atomic E-state index is -0.277.